The molecule has 96 valence electrons. The van der Waals surface area contributed by atoms with Gasteiger partial charge in [-0.2, -0.15) is 0 Å². The van der Waals surface area contributed by atoms with E-state index in [1.807, 2.05) is 6.20 Å². The monoisotopic (exact) mass is 239 g/mol. The van der Waals surface area contributed by atoms with E-state index >= 15 is 0 Å². The van der Waals surface area contributed by atoms with Crippen molar-refractivity contribution < 1.29 is 4.74 Å². The predicted octanol–water partition coefficient (Wildman–Crippen LogP) is -0.151. The highest BCUT2D eigenvalue weighted by Gasteiger charge is 2.10. The largest absolute Gasteiger partial charge is 0.378 e. The Morgan fingerprint density at radius 3 is 2.71 bits per heavy atom. The fourth-order valence-corrected chi connectivity index (χ4v) is 2.00. The molecule has 0 radical (unpaired) electrons. The second-order valence-corrected chi connectivity index (χ2v) is 4.34. The Morgan fingerprint density at radius 1 is 1.24 bits per heavy atom. The van der Waals surface area contributed by atoms with Crippen molar-refractivity contribution in [2.75, 3.05) is 32.8 Å². The molecule has 0 unspecified atom stereocenters. The summed E-state index contributed by atoms with van der Waals surface area (Å²) in [7, 11) is 0. The molecule has 0 saturated carbocycles. The number of aromatic nitrogens is 3. The molecular formula is C11H21N5O. The summed E-state index contributed by atoms with van der Waals surface area (Å²) in [6, 6.07) is 0. The first kappa shape index (κ1) is 12.5. The molecule has 6 heteroatoms. The zero-order chi connectivity index (χ0) is 11.9. The standard InChI is InChI=1S/C11H21N5O/c12-9-11-10-16(14-13-11)6-8-17-7-5-15-3-1-2-4-15/h10H,1-9,12H2. The van der Waals surface area contributed by atoms with Crippen molar-refractivity contribution in [3.05, 3.63) is 11.9 Å². The topological polar surface area (TPSA) is 69.2 Å². The van der Waals surface area contributed by atoms with E-state index in [0.717, 1.165) is 25.4 Å². The highest BCUT2D eigenvalue weighted by atomic mass is 16.5. The zero-order valence-electron chi connectivity index (χ0n) is 10.2. The molecule has 1 aliphatic heterocycles. The molecule has 1 aromatic heterocycles. The number of nitrogens with two attached hydrogens (primary N) is 1. The average molecular weight is 239 g/mol. The third-order valence-corrected chi connectivity index (χ3v) is 3.01. The van der Waals surface area contributed by atoms with Crippen molar-refractivity contribution in [2.45, 2.75) is 25.9 Å². The van der Waals surface area contributed by atoms with Crippen LogP contribution in [0.4, 0.5) is 0 Å². The normalized spacial score (nSPS) is 16.8. The van der Waals surface area contributed by atoms with Gasteiger partial charge in [-0.05, 0) is 25.9 Å². The van der Waals surface area contributed by atoms with Crippen LogP contribution in [0.3, 0.4) is 0 Å². The summed E-state index contributed by atoms with van der Waals surface area (Å²) >= 11 is 0. The van der Waals surface area contributed by atoms with Crippen molar-refractivity contribution in [3.8, 4) is 0 Å². The van der Waals surface area contributed by atoms with Gasteiger partial charge in [-0.15, -0.1) is 5.10 Å². The molecule has 0 amide bonds. The van der Waals surface area contributed by atoms with Crippen LogP contribution in [0.5, 0.6) is 0 Å². The molecule has 0 aliphatic carbocycles. The van der Waals surface area contributed by atoms with E-state index in [-0.39, 0.29) is 0 Å². The van der Waals surface area contributed by atoms with Gasteiger partial charge < -0.3 is 15.4 Å². The lowest BCUT2D eigenvalue weighted by atomic mass is 10.4. The molecule has 2 rings (SSSR count). The first-order valence-corrected chi connectivity index (χ1v) is 6.27. The lowest BCUT2D eigenvalue weighted by molar-refractivity contribution is 0.102. The summed E-state index contributed by atoms with van der Waals surface area (Å²) in [6.45, 7) is 6.17. The Kier molecular flexibility index (Phi) is 4.90. The van der Waals surface area contributed by atoms with Crippen LogP contribution in [0.1, 0.15) is 18.5 Å². The smallest absolute Gasteiger partial charge is 0.0962 e. The van der Waals surface area contributed by atoms with Crippen molar-refractivity contribution in [2.24, 2.45) is 5.73 Å². The molecule has 1 saturated heterocycles. The summed E-state index contributed by atoms with van der Waals surface area (Å²) in [6.07, 6.45) is 4.53. The van der Waals surface area contributed by atoms with Crippen LogP contribution in [0.15, 0.2) is 6.20 Å². The van der Waals surface area contributed by atoms with Gasteiger partial charge in [0.05, 0.1) is 25.5 Å². The average Bonchev–Trinajstić information content (AvgIpc) is 2.99. The number of rotatable bonds is 7. The lowest BCUT2D eigenvalue weighted by Gasteiger charge is -2.14. The van der Waals surface area contributed by atoms with E-state index in [1.165, 1.54) is 25.9 Å². The highest BCUT2D eigenvalue weighted by molar-refractivity contribution is 4.90. The molecule has 6 nitrogen and oxygen atoms in total. The van der Waals surface area contributed by atoms with Crippen LogP contribution in [0.25, 0.3) is 0 Å². The molecule has 0 aromatic carbocycles. The summed E-state index contributed by atoms with van der Waals surface area (Å²) in [5, 5.41) is 7.88. The number of likely N-dealkylation sites (tertiary alicyclic amines) is 1. The second kappa shape index (κ2) is 6.68. The molecule has 0 bridgehead atoms. The minimum absolute atomic E-state index is 0.440. The highest BCUT2D eigenvalue weighted by Crippen LogP contribution is 2.05. The van der Waals surface area contributed by atoms with E-state index in [9.17, 15) is 0 Å². The number of ether oxygens (including phenoxy) is 1. The van der Waals surface area contributed by atoms with Gasteiger partial charge in [0.2, 0.25) is 0 Å². The molecular weight excluding hydrogens is 218 g/mol. The van der Waals surface area contributed by atoms with Crippen LogP contribution in [-0.4, -0.2) is 52.7 Å². The van der Waals surface area contributed by atoms with Gasteiger partial charge in [-0.3, -0.25) is 0 Å². The van der Waals surface area contributed by atoms with Crippen molar-refractivity contribution in [3.63, 3.8) is 0 Å². The maximum Gasteiger partial charge on any atom is 0.0962 e. The van der Waals surface area contributed by atoms with E-state index in [2.05, 4.69) is 15.2 Å². The number of nitrogens with zero attached hydrogens (tertiary/aromatic N) is 4. The summed E-state index contributed by atoms with van der Waals surface area (Å²) in [5.74, 6) is 0. The quantitative estimate of drug-likeness (QED) is 0.670. The third kappa shape index (κ3) is 4.07. The molecule has 1 aromatic rings. The van der Waals surface area contributed by atoms with Gasteiger partial charge in [0.25, 0.3) is 0 Å². The Hall–Kier alpha value is -0.980. The fraction of sp³-hybridized carbons (Fsp3) is 0.818. The molecule has 2 N–H and O–H groups in total. The van der Waals surface area contributed by atoms with Crippen LogP contribution < -0.4 is 5.73 Å². The van der Waals surface area contributed by atoms with E-state index in [1.54, 1.807) is 4.68 Å². The predicted molar refractivity (Wildman–Crippen MR) is 64.4 cm³/mol. The maximum atomic E-state index is 5.58. The molecule has 0 spiro atoms. The summed E-state index contributed by atoms with van der Waals surface area (Å²) in [5.41, 5.74) is 6.28. The van der Waals surface area contributed by atoms with Crippen LogP contribution in [-0.2, 0) is 17.8 Å². The number of hydrogen-bond donors (Lipinski definition) is 1. The molecule has 1 fully saturated rings. The maximum absolute atomic E-state index is 5.58. The van der Waals surface area contributed by atoms with Gasteiger partial charge in [0.15, 0.2) is 0 Å². The lowest BCUT2D eigenvalue weighted by Crippen LogP contribution is -2.24. The van der Waals surface area contributed by atoms with Crippen LogP contribution >= 0.6 is 0 Å². The minimum Gasteiger partial charge on any atom is -0.378 e. The minimum atomic E-state index is 0.440. The van der Waals surface area contributed by atoms with Crippen LogP contribution in [0.2, 0.25) is 0 Å². The van der Waals surface area contributed by atoms with E-state index in [0.29, 0.717) is 13.2 Å². The first-order chi connectivity index (χ1) is 8.38. The van der Waals surface area contributed by atoms with Gasteiger partial charge in [-0.1, -0.05) is 5.21 Å². The second-order valence-electron chi connectivity index (χ2n) is 4.34. The molecule has 1 aliphatic rings. The van der Waals surface area contributed by atoms with Gasteiger partial charge in [0, 0.05) is 19.3 Å². The Balaban J connectivity index is 1.53. The van der Waals surface area contributed by atoms with Gasteiger partial charge in [-0.25, -0.2) is 4.68 Å². The van der Waals surface area contributed by atoms with Crippen molar-refractivity contribution in [1.29, 1.82) is 0 Å². The van der Waals surface area contributed by atoms with Gasteiger partial charge >= 0.3 is 0 Å². The van der Waals surface area contributed by atoms with Crippen molar-refractivity contribution >= 4 is 0 Å². The van der Waals surface area contributed by atoms with E-state index < -0.39 is 0 Å². The van der Waals surface area contributed by atoms with Crippen molar-refractivity contribution in [1.82, 2.24) is 19.9 Å². The Morgan fingerprint density at radius 2 is 2.00 bits per heavy atom. The summed E-state index contributed by atoms with van der Waals surface area (Å²) < 4.78 is 7.36. The SMILES string of the molecule is NCc1cn(CCOCCN2CCCC2)nn1. The first-order valence-electron chi connectivity index (χ1n) is 6.27. The Labute approximate surface area is 102 Å². The zero-order valence-corrected chi connectivity index (χ0v) is 10.2. The number of hydrogen-bond acceptors (Lipinski definition) is 5. The Bertz CT molecular complexity index is 321. The molecule has 0 atom stereocenters. The summed E-state index contributed by atoms with van der Waals surface area (Å²) in [4.78, 5) is 2.45. The third-order valence-electron chi connectivity index (χ3n) is 3.01. The molecule has 2 heterocycles. The fourth-order valence-electron chi connectivity index (χ4n) is 2.00. The van der Waals surface area contributed by atoms with E-state index in [4.69, 9.17) is 10.5 Å². The van der Waals surface area contributed by atoms with Gasteiger partial charge in [0.1, 0.15) is 0 Å². The van der Waals surface area contributed by atoms with Crippen LogP contribution in [0, 0.1) is 0 Å². The molecule has 17 heavy (non-hydrogen) atoms.